The van der Waals surface area contributed by atoms with Gasteiger partial charge in [0, 0.05) is 22.9 Å². The highest BCUT2D eigenvalue weighted by Gasteiger charge is 2.23. The van der Waals surface area contributed by atoms with E-state index >= 15 is 0 Å². The molecule has 1 aliphatic carbocycles. The van der Waals surface area contributed by atoms with Gasteiger partial charge in [0.15, 0.2) is 0 Å². The average molecular weight is 294 g/mol. The number of nitrogens with two attached hydrogens (primary N) is 1. The van der Waals surface area contributed by atoms with Gasteiger partial charge in [0.1, 0.15) is 5.01 Å². The number of hydrogen-bond acceptors (Lipinski definition) is 3. The summed E-state index contributed by atoms with van der Waals surface area (Å²) in [5.41, 5.74) is 8.39. The van der Waals surface area contributed by atoms with Crippen LogP contribution in [0.4, 0.5) is 0 Å². The zero-order valence-electron chi connectivity index (χ0n) is 11.9. The summed E-state index contributed by atoms with van der Waals surface area (Å²) < 4.78 is 0. The molecule has 4 rings (SSSR count). The van der Waals surface area contributed by atoms with Gasteiger partial charge in [-0.25, -0.2) is 4.98 Å². The summed E-state index contributed by atoms with van der Waals surface area (Å²) in [5, 5.41) is 3.70. The molecule has 0 radical (unpaired) electrons. The number of aryl methyl sites for hydroxylation is 1. The normalized spacial score (nSPS) is 17.9. The largest absolute Gasteiger partial charge is 0.330 e. The fourth-order valence-corrected chi connectivity index (χ4v) is 4.37. The minimum atomic E-state index is 0.458. The Hall–Kier alpha value is -1.71. The van der Waals surface area contributed by atoms with Crippen LogP contribution < -0.4 is 5.73 Å². The lowest BCUT2D eigenvalue weighted by Crippen LogP contribution is -2.17. The number of aromatic nitrogens is 1. The van der Waals surface area contributed by atoms with E-state index in [2.05, 4.69) is 42.5 Å². The molecule has 21 heavy (non-hydrogen) atoms. The van der Waals surface area contributed by atoms with Gasteiger partial charge in [-0.3, -0.25) is 0 Å². The van der Waals surface area contributed by atoms with Crippen molar-refractivity contribution in [3.8, 4) is 10.6 Å². The average Bonchev–Trinajstić information content (AvgIpc) is 2.98. The zero-order valence-corrected chi connectivity index (χ0v) is 12.7. The van der Waals surface area contributed by atoms with Gasteiger partial charge in [0.05, 0.1) is 5.69 Å². The van der Waals surface area contributed by atoms with Crippen molar-refractivity contribution < 1.29 is 0 Å². The summed E-state index contributed by atoms with van der Waals surface area (Å²) in [6, 6.07) is 15.1. The summed E-state index contributed by atoms with van der Waals surface area (Å²) in [5.74, 6) is 0.458. The molecular weight excluding hydrogens is 276 g/mol. The smallest absolute Gasteiger partial charge is 0.123 e. The van der Waals surface area contributed by atoms with Crippen molar-refractivity contribution in [2.75, 3.05) is 6.54 Å². The van der Waals surface area contributed by atoms with Crippen LogP contribution in [0.25, 0.3) is 21.3 Å². The van der Waals surface area contributed by atoms with Gasteiger partial charge in [-0.15, -0.1) is 11.3 Å². The van der Waals surface area contributed by atoms with E-state index in [1.807, 2.05) is 11.3 Å². The third-order valence-electron chi connectivity index (χ3n) is 4.35. The third kappa shape index (κ3) is 2.27. The first kappa shape index (κ1) is 13.0. The summed E-state index contributed by atoms with van der Waals surface area (Å²) in [6.45, 7) is 0.716. The van der Waals surface area contributed by atoms with Crippen molar-refractivity contribution in [1.82, 2.24) is 4.98 Å². The topological polar surface area (TPSA) is 38.9 Å². The van der Waals surface area contributed by atoms with E-state index in [4.69, 9.17) is 10.7 Å². The molecule has 0 spiro atoms. The Kier molecular flexibility index (Phi) is 3.24. The highest BCUT2D eigenvalue weighted by atomic mass is 32.1. The molecule has 0 fully saturated rings. The molecule has 0 bridgehead atoms. The van der Waals surface area contributed by atoms with Gasteiger partial charge in [0.25, 0.3) is 0 Å². The van der Waals surface area contributed by atoms with Crippen molar-refractivity contribution >= 4 is 22.1 Å². The van der Waals surface area contributed by atoms with Crippen LogP contribution in [0.15, 0.2) is 42.5 Å². The molecule has 1 aliphatic rings. The Balaban J connectivity index is 1.80. The van der Waals surface area contributed by atoms with Crippen molar-refractivity contribution in [3.05, 3.63) is 53.0 Å². The number of benzene rings is 2. The van der Waals surface area contributed by atoms with Gasteiger partial charge in [-0.05, 0) is 36.1 Å². The van der Waals surface area contributed by atoms with Crippen LogP contribution in [-0.2, 0) is 6.42 Å². The molecule has 0 aliphatic heterocycles. The van der Waals surface area contributed by atoms with Gasteiger partial charge >= 0.3 is 0 Å². The van der Waals surface area contributed by atoms with Crippen molar-refractivity contribution in [2.24, 2.45) is 5.73 Å². The maximum Gasteiger partial charge on any atom is 0.123 e. The van der Waals surface area contributed by atoms with E-state index in [9.17, 15) is 0 Å². The van der Waals surface area contributed by atoms with Crippen LogP contribution in [0.5, 0.6) is 0 Å². The van der Waals surface area contributed by atoms with Crippen LogP contribution in [0.1, 0.15) is 29.3 Å². The highest BCUT2D eigenvalue weighted by molar-refractivity contribution is 7.15. The van der Waals surface area contributed by atoms with E-state index in [0.29, 0.717) is 12.5 Å². The van der Waals surface area contributed by atoms with E-state index in [1.165, 1.54) is 39.7 Å². The molecule has 0 amide bonds. The Morgan fingerprint density at radius 2 is 2.00 bits per heavy atom. The van der Waals surface area contributed by atoms with E-state index in [0.717, 1.165) is 11.4 Å². The van der Waals surface area contributed by atoms with Gasteiger partial charge in [-0.2, -0.15) is 0 Å². The first-order valence-electron chi connectivity index (χ1n) is 7.54. The third-order valence-corrected chi connectivity index (χ3v) is 5.53. The van der Waals surface area contributed by atoms with E-state index in [-0.39, 0.29) is 0 Å². The maximum atomic E-state index is 5.91. The first-order chi connectivity index (χ1) is 10.3. The molecule has 106 valence electrons. The first-order valence-corrected chi connectivity index (χ1v) is 8.35. The molecule has 3 aromatic rings. The molecule has 1 unspecified atom stereocenters. The summed E-state index contributed by atoms with van der Waals surface area (Å²) >= 11 is 1.85. The molecular formula is C18H18N2S. The number of fused-ring (bicyclic) bond motifs is 2. The molecule has 0 saturated heterocycles. The molecule has 1 heterocycles. The fraction of sp³-hybridized carbons (Fsp3) is 0.278. The van der Waals surface area contributed by atoms with Crippen LogP contribution in [0.2, 0.25) is 0 Å². The van der Waals surface area contributed by atoms with Gasteiger partial charge < -0.3 is 5.73 Å². The monoisotopic (exact) mass is 294 g/mol. The fourth-order valence-electron chi connectivity index (χ4n) is 3.18. The van der Waals surface area contributed by atoms with E-state index in [1.54, 1.807) is 0 Å². The second-order valence-corrected chi connectivity index (χ2v) is 6.80. The number of nitrogens with zero attached hydrogens (tertiary/aromatic N) is 1. The van der Waals surface area contributed by atoms with Crippen LogP contribution >= 0.6 is 11.3 Å². The minimum absolute atomic E-state index is 0.458. The zero-order chi connectivity index (χ0) is 14.2. The minimum Gasteiger partial charge on any atom is -0.330 e. The van der Waals surface area contributed by atoms with Crippen LogP contribution in [0.3, 0.4) is 0 Å². The molecule has 3 heteroatoms. The lowest BCUT2D eigenvalue weighted by molar-refractivity contribution is 0.554. The quantitative estimate of drug-likeness (QED) is 0.763. The standard InChI is InChI=1S/C18H18N2S/c19-11-15-6-3-7-16-17(15)20-18(21-16)14-9-8-12-4-1-2-5-13(12)10-14/h1-2,4-5,8-10,15H,3,6-7,11,19H2. The number of rotatable bonds is 2. The number of hydrogen-bond donors (Lipinski definition) is 1. The summed E-state index contributed by atoms with van der Waals surface area (Å²) in [7, 11) is 0. The van der Waals surface area contributed by atoms with Crippen LogP contribution in [0, 0.1) is 0 Å². The Bertz CT molecular complexity index is 791. The predicted octanol–water partition coefficient (Wildman–Crippen LogP) is 4.34. The molecule has 1 aromatic heterocycles. The number of thiazole rings is 1. The van der Waals surface area contributed by atoms with Gasteiger partial charge in [0.2, 0.25) is 0 Å². The van der Waals surface area contributed by atoms with E-state index < -0.39 is 0 Å². The summed E-state index contributed by atoms with van der Waals surface area (Å²) in [4.78, 5) is 6.36. The molecule has 2 aromatic carbocycles. The molecule has 0 saturated carbocycles. The predicted molar refractivity (Wildman–Crippen MR) is 89.8 cm³/mol. The lowest BCUT2D eigenvalue weighted by atomic mass is 9.91. The molecule has 2 nitrogen and oxygen atoms in total. The summed E-state index contributed by atoms with van der Waals surface area (Å²) in [6.07, 6.45) is 3.59. The maximum absolute atomic E-state index is 5.91. The van der Waals surface area contributed by atoms with Crippen molar-refractivity contribution in [3.63, 3.8) is 0 Å². The molecule has 2 N–H and O–H groups in total. The second-order valence-electron chi connectivity index (χ2n) is 5.71. The Morgan fingerprint density at radius 3 is 2.86 bits per heavy atom. The second kappa shape index (κ2) is 5.24. The SMILES string of the molecule is NCC1CCCc2sc(-c3ccc4ccccc4c3)nc21. The van der Waals surface area contributed by atoms with Crippen molar-refractivity contribution in [2.45, 2.75) is 25.2 Å². The highest BCUT2D eigenvalue weighted by Crippen LogP contribution is 2.38. The van der Waals surface area contributed by atoms with Crippen molar-refractivity contribution in [1.29, 1.82) is 0 Å². The Morgan fingerprint density at radius 1 is 1.14 bits per heavy atom. The lowest BCUT2D eigenvalue weighted by Gasteiger charge is -2.18. The Labute approximate surface area is 128 Å². The molecule has 1 atom stereocenters. The van der Waals surface area contributed by atoms with Crippen LogP contribution in [-0.4, -0.2) is 11.5 Å². The van der Waals surface area contributed by atoms with Gasteiger partial charge in [-0.1, -0.05) is 36.4 Å².